The molecule has 0 aliphatic carbocycles. The maximum atomic E-state index is 12.1. The maximum absolute atomic E-state index is 12.1. The Balaban J connectivity index is 2.14. The topological polar surface area (TPSA) is 84.2 Å². The molecule has 0 saturated carbocycles. The minimum Gasteiger partial charge on any atom is -0.350 e. The van der Waals surface area contributed by atoms with Gasteiger partial charge >= 0.3 is 0 Å². The lowest BCUT2D eigenvalue weighted by molar-refractivity contribution is -0.115. The standard InChI is InChI=1S/C14H19N3O2S/c1-14(2,15)8-16-13(19)9-3-4-11-10(7-9)17-12(18)5-6-20-11/h3-4,7H,5-6,8,15H2,1-2H3,(H,16,19)(H,17,18). The van der Waals surface area contributed by atoms with Gasteiger partial charge in [0.05, 0.1) is 5.69 Å². The molecule has 108 valence electrons. The van der Waals surface area contributed by atoms with Gasteiger partial charge in [0.15, 0.2) is 0 Å². The first-order chi connectivity index (χ1) is 9.35. The molecular weight excluding hydrogens is 274 g/mol. The zero-order chi connectivity index (χ0) is 14.8. The van der Waals surface area contributed by atoms with Crippen molar-refractivity contribution in [2.75, 3.05) is 17.6 Å². The van der Waals surface area contributed by atoms with Gasteiger partial charge in [0.1, 0.15) is 0 Å². The second-order valence-corrected chi connectivity index (χ2v) is 6.67. The number of thioether (sulfide) groups is 1. The third-order valence-electron chi connectivity index (χ3n) is 2.81. The molecule has 4 N–H and O–H groups in total. The van der Waals surface area contributed by atoms with Gasteiger partial charge in [-0.25, -0.2) is 0 Å². The molecule has 0 unspecified atom stereocenters. The number of fused-ring (bicyclic) bond motifs is 1. The molecule has 6 heteroatoms. The van der Waals surface area contributed by atoms with Gasteiger partial charge in [0, 0.05) is 34.7 Å². The van der Waals surface area contributed by atoms with Gasteiger partial charge in [-0.1, -0.05) is 0 Å². The summed E-state index contributed by atoms with van der Waals surface area (Å²) >= 11 is 1.62. The number of rotatable bonds is 3. The van der Waals surface area contributed by atoms with E-state index < -0.39 is 5.54 Å². The van der Waals surface area contributed by atoms with Crippen molar-refractivity contribution < 1.29 is 9.59 Å². The summed E-state index contributed by atoms with van der Waals surface area (Å²) in [7, 11) is 0. The molecule has 1 heterocycles. The molecule has 0 fully saturated rings. The van der Waals surface area contributed by atoms with Crippen LogP contribution in [-0.4, -0.2) is 29.7 Å². The van der Waals surface area contributed by atoms with E-state index in [4.69, 9.17) is 5.73 Å². The van der Waals surface area contributed by atoms with Crippen LogP contribution in [0.4, 0.5) is 5.69 Å². The zero-order valence-electron chi connectivity index (χ0n) is 11.7. The Morgan fingerprint density at radius 1 is 1.50 bits per heavy atom. The minimum absolute atomic E-state index is 0.0168. The Bertz CT molecular complexity index is 538. The van der Waals surface area contributed by atoms with Gasteiger partial charge in [0.25, 0.3) is 5.91 Å². The van der Waals surface area contributed by atoms with Gasteiger partial charge in [0.2, 0.25) is 5.91 Å². The van der Waals surface area contributed by atoms with E-state index in [-0.39, 0.29) is 11.8 Å². The van der Waals surface area contributed by atoms with Crippen molar-refractivity contribution in [2.24, 2.45) is 5.73 Å². The number of benzene rings is 1. The molecule has 0 spiro atoms. The van der Waals surface area contributed by atoms with Crippen LogP contribution in [0.1, 0.15) is 30.6 Å². The second kappa shape index (κ2) is 5.85. The SMILES string of the molecule is CC(C)(N)CNC(=O)c1ccc2c(c1)NC(=O)CCS2. The molecule has 2 amide bonds. The molecule has 0 radical (unpaired) electrons. The summed E-state index contributed by atoms with van der Waals surface area (Å²) < 4.78 is 0. The fourth-order valence-electron chi connectivity index (χ4n) is 1.77. The van der Waals surface area contributed by atoms with Crippen molar-refractivity contribution >= 4 is 29.3 Å². The van der Waals surface area contributed by atoms with E-state index >= 15 is 0 Å². The van der Waals surface area contributed by atoms with Gasteiger partial charge in [-0.05, 0) is 32.0 Å². The van der Waals surface area contributed by atoms with Crippen molar-refractivity contribution in [1.82, 2.24) is 5.32 Å². The van der Waals surface area contributed by atoms with Crippen LogP contribution in [0, 0.1) is 0 Å². The van der Waals surface area contributed by atoms with Gasteiger partial charge in [-0.2, -0.15) is 0 Å². The van der Waals surface area contributed by atoms with Crippen molar-refractivity contribution in [1.29, 1.82) is 0 Å². The molecule has 0 bridgehead atoms. The normalized spacial score (nSPS) is 15.1. The monoisotopic (exact) mass is 293 g/mol. The lowest BCUT2D eigenvalue weighted by atomic mass is 10.1. The number of nitrogens with two attached hydrogens (primary N) is 1. The van der Waals surface area contributed by atoms with Crippen LogP contribution in [0.5, 0.6) is 0 Å². The predicted molar refractivity (Wildman–Crippen MR) is 81.0 cm³/mol. The first-order valence-electron chi connectivity index (χ1n) is 6.49. The Morgan fingerprint density at radius 3 is 2.95 bits per heavy atom. The lowest BCUT2D eigenvalue weighted by Gasteiger charge is -2.19. The molecule has 0 atom stereocenters. The predicted octanol–water partition coefficient (Wildman–Crippen LogP) is 1.59. The smallest absolute Gasteiger partial charge is 0.251 e. The Morgan fingerprint density at radius 2 is 2.25 bits per heavy atom. The Kier molecular flexibility index (Phi) is 4.35. The van der Waals surface area contributed by atoms with E-state index in [1.165, 1.54) is 0 Å². The van der Waals surface area contributed by atoms with E-state index in [9.17, 15) is 9.59 Å². The molecule has 1 aliphatic heterocycles. The number of anilines is 1. The highest BCUT2D eigenvalue weighted by Crippen LogP contribution is 2.31. The van der Waals surface area contributed by atoms with Crippen molar-refractivity contribution in [2.45, 2.75) is 30.7 Å². The third-order valence-corrected chi connectivity index (χ3v) is 3.88. The summed E-state index contributed by atoms with van der Waals surface area (Å²) in [6.45, 7) is 4.09. The molecule has 5 nitrogen and oxygen atoms in total. The Labute approximate surface area is 122 Å². The molecular formula is C14H19N3O2S. The van der Waals surface area contributed by atoms with Crippen LogP contribution in [0.25, 0.3) is 0 Å². The maximum Gasteiger partial charge on any atom is 0.251 e. The molecule has 1 aliphatic rings. The molecule has 1 aromatic rings. The number of amides is 2. The summed E-state index contributed by atoms with van der Waals surface area (Å²) in [5, 5.41) is 5.61. The number of hydrogen-bond donors (Lipinski definition) is 3. The average molecular weight is 293 g/mol. The quantitative estimate of drug-likeness (QED) is 0.790. The lowest BCUT2D eigenvalue weighted by Crippen LogP contribution is -2.45. The fourth-order valence-corrected chi connectivity index (χ4v) is 2.71. The highest BCUT2D eigenvalue weighted by atomic mass is 32.2. The molecule has 2 rings (SSSR count). The average Bonchev–Trinajstić information content (AvgIpc) is 2.54. The Hall–Kier alpha value is -1.53. The highest BCUT2D eigenvalue weighted by Gasteiger charge is 2.17. The molecule has 1 aromatic carbocycles. The zero-order valence-corrected chi connectivity index (χ0v) is 12.5. The summed E-state index contributed by atoms with van der Waals surface area (Å²) in [6, 6.07) is 5.35. The first-order valence-corrected chi connectivity index (χ1v) is 7.47. The van der Waals surface area contributed by atoms with E-state index in [0.29, 0.717) is 24.2 Å². The third kappa shape index (κ3) is 3.98. The molecule has 0 aromatic heterocycles. The van der Waals surface area contributed by atoms with Gasteiger partial charge < -0.3 is 16.4 Å². The number of carbonyl (C=O) groups excluding carboxylic acids is 2. The molecule has 20 heavy (non-hydrogen) atoms. The first kappa shape index (κ1) is 14.9. The van der Waals surface area contributed by atoms with Crippen LogP contribution in [0.2, 0.25) is 0 Å². The van der Waals surface area contributed by atoms with E-state index in [1.54, 1.807) is 23.9 Å². The number of carbonyl (C=O) groups is 2. The number of hydrogen-bond acceptors (Lipinski definition) is 4. The summed E-state index contributed by atoms with van der Waals surface area (Å²) in [5.74, 6) is 0.554. The van der Waals surface area contributed by atoms with Crippen molar-refractivity contribution in [3.05, 3.63) is 23.8 Å². The van der Waals surface area contributed by atoms with Crippen LogP contribution >= 0.6 is 11.8 Å². The van der Waals surface area contributed by atoms with Crippen LogP contribution in [0.15, 0.2) is 23.1 Å². The largest absolute Gasteiger partial charge is 0.350 e. The second-order valence-electron chi connectivity index (χ2n) is 5.53. The van der Waals surface area contributed by atoms with E-state index in [0.717, 1.165) is 10.6 Å². The summed E-state index contributed by atoms with van der Waals surface area (Å²) in [6.07, 6.45) is 0.488. The fraction of sp³-hybridized carbons (Fsp3) is 0.429. The van der Waals surface area contributed by atoms with Crippen LogP contribution in [0.3, 0.4) is 0 Å². The van der Waals surface area contributed by atoms with E-state index in [1.807, 2.05) is 19.9 Å². The summed E-state index contributed by atoms with van der Waals surface area (Å²) in [5.41, 5.74) is 6.61. The van der Waals surface area contributed by atoms with Gasteiger partial charge in [-0.3, -0.25) is 9.59 Å². The van der Waals surface area contributed by atoms with Gasteiger partial charge in [-0.15, -0.1) is 11.8 Å². The summed E-state index contributed by atoms with van der Waals surface area (Å²) in [4.78, 5) is 24.6. The van der Waals surface area contributed by atoms with Crippen molar-refractivity contribution in [3.63, 3.8) is 0 Å². The minimum atomic E-state index is -0.453. The number of nitrogens with one attached hydrogen (secondary N) is 2. The van der Waals surface area contributed by atoms with E-state index in [2.05, 4.69) is 10.6 Å². The van der Waals surface area contributed by atoms with Crippen LogP contribution < -0.4 is 16.4 Å². The van der Waals surface area contributed by atoms with Crippen LogP contribution in [-0.2, 0) is 4.79 Å². The highest BCUT2D eigenvalue weighted by molar-refractivity contribution is 7.99. The molecule has 0 saturated heterocycles. The van der Waals surface area contributed by atoms with Crippen molar-refractivity contribution in [3.8, 4) is 0 Å².